The van der Waals surface area contributed by atoms with Gasteiger partial charge in [0.1, 0.15) is 0 Å². The summed E-state index contributed by atoms with van der Waals surface area (Å²) in [5.41, 5.74) is 1.95. The van der Waals surface area contributed by atoms with Gasteiger partial charge < -0.3 is 10.2 Å². The Kier molecular flexibility index (Phi) is 4.82. The maximum absolute atomic E-state index is 11.1. The minimum Gasteiger partial charge on any atom is -0.385 e. The lowest BCUT2D eigenvalue weighted by molar-refractivity contribution is -0.384. The van der Waals surface area contributed by atoms with Gasteiger partial charge in [-0.05, 0) is 38.2 Å². The Bertz CT molecular complexity index is 472. The number of nitro benzene ring substituents is 1. The smallest absolute Gasteiger partial charge is 0.273 e. The van der Waals surface area contributed by atoms with Gasteiger partial charge in [-0.2, -0.15) is 0 Å². The van der Waals surface area contributed by atoms with Gasteiger partial charge in [0.15, 0.2) is 0 Å². The number of nitrogens with one attached hydrogen (secondary N) is 1. The number of rotatable bonds is 8. The monoisotopic (exact) mass is 277 g/mol. The van der Waals surface area contributed by atoms with Gasteiger partial charge in [0.25, 0.3) is 5.69 Å². The lowest BCUT2D eigenvalue weighted by atomic mass is 10.2. The summed E-state index contributed by atoms with van der Waals surface area (Å²) in [5.74, 6) is 0.765. The first-order valence-corrected chi connectivity index (χ1v) is 7.42. The van der Waals surface area contributed by atoms with E-state index in [0.29, 0.717) is 0 Å². The van der Waals surface area contributed by atoms with Crippen LogP contribution in [0, 0.1) is 16.0 Å². The second kappa shape index (κ2) is 6.59. The zero-order chi connectivity index (χ0) is 14.5. The molecule has 1 saturated carbocycles. The van der Waals surface area contributed by atoms with Gasteiger partial charge in [-0.1, -0.05) is 6.92 Å². The lowest BCUT2D eigenvalue weighted by Gasteiger charge is -2.23. The van der Waals surface area contributed by atoms with Crippen LogP contribution in [0.2, 0.25) is 0 Å². The molecule has 0 bridgehead atoms. The molecule has 5 nitrogen and oxygen atoms in total. The van der Waals surface area contributed by atoms with E-state index in [2.05, 4.69) is 24.1 Å². The van der Waals surface area contributed by atoms with Crippen LogP contribution in [0.3, 0.4) is 0 Å². The highest BCUT2D eigenvalue weighted by atomic mass is 16.6. The number of hydrogen-bond acceptors (Lipinski definition) is 4. The molecule has 1 fully saturated rings. The number of anilines is 2. The van der Waals surface area contributed by atoms with Crippen molar-refractivity contribution in [3.8, 4) is 0 Å². The SMILES string of the molecule is CCCNc1cc(N(CC)CC2CC2)cc([N+](=O)[O-])c1. The van der Waals surface area contributed by atoms with Crippen molar-refractivity contribution in [3.05, 3.63) is 28.3 Å². The Morgan fingerprint density at radius 3 is 2.65 bits per heavy atom. The van der Waals surface area contributed by atoms with Crippen LogP contribution in [0.4, 0.5) is 17.1 Å². The summed E-state index contributed by atoms with van der Waals surface area (Å²) in [4.78, 5) is 13.0. The summed E-state index contributed by atoms with van der Waals surface area (Å²) in [6, 6.07) is 5.32. The molecule has 1 aromatic rings. The molecule has 110 valence electrons. The number of nitrogens with zero attached hydrogens (tertiary/aromatic N) is 2. The minimum atomic E-state index is -0.314. The van der Waals surface area contributed by atoms with E-state index in [9.17, 15) is 10.1 Å². The molecule has 20 heavy (non-hydrogen) atoms. The molecule has 0 radical (unpaired) electrons. The van der Waals surface area contributed by atoms with Gasteiger partial charge in [0, 0.05) is 43.1 Å². The number of nitro groups is 1. The highest BCUT2D eigenvalue weighted by Gasteiger charge is 2.24. The molecule has 0 aliphatic heterocycles. The third-order valence-corrected chi connectivity index (χ3v) is 3.61. The Balaban J connectivity index is 2.23. The first-order valence-electron chi connectivity index (χ1n) is 7.42. The van der Waals surface area contributed by atoms with E-state index in [0.717, 1.165) is 43.3 Å². The van der Waals surface area contributed by atoms with Crippen LogP contribution in [-0.4, -0.2) is 24.6 Å². The second-order valence-electron chi connectivity index (χ2n) is 5.40. The number of non-ortho nitro benzene ring substituents is 1. The van der Waals surface area contributed by atoms with Gasteiger partial charge in [0.05, 0.1) is 4.92 Å². The lowest BCUT2D eigenvalue weighted by Crippen LogP contribution is -2.25. The molecule has 0 spiro atoms. The predicted molar refractivity (Wildman–Crippen MR) is 82.5 cm³/mol. The molecule has 5 heteroatoms. The maximum atomic E-state index is 11.1. The molecule has 1 aliphatic carbocycles. The van der Waals surface area contributed by atoms with Crippen LogP contribution >= 0.6 is 0 Å². The third kappa shape index (κ3) is 3.85. The Morgan fingerprint density at radius 2 is 2.10 bits per heavy atom. The third-order valence-electron chi connectivity index (χ3n) is 3.61. The first kappa shape index (κ1) is 14.6. The fourth-order valence-electron chi connectivity index (χ4n) is 2.28. The van der Waals surface area contributed by atoms with Gasteiger partial charge >= 0.3 is 0 Å². The molecule has 1 aliphatic rings. The summed E-state index contributed by atoms with van der Waals surface area (Å²) in [7, 11) is 0. The van der Waals surface area contributed by atoms with Crippen molar-refractivity contribution < 1.29 is 4.92 Å². The van der Waals surface area contributed by atoms with Crippen LogP contribution in [0.5, 0.6) is 0 Å². The molecule has 0 saturated heterocycles. The highest BCUT2D eigenvalue weighted by Crippen LogP contribution is 2.33. The molecule has 2 rings (SSSR count). The fourth-order valence-corrected chi connectivity index (χ4v) is 2.28. The van der Waals surface area contributed by atoms with Crippen molar-refractivity contribution in [3.63, 3.8) is 0 Å². The Hall–Kier alpha value is -1.78. The first-order chi connectivity index (χ1) is 9.63. The number of hydrogen-bond donors (Lipinski definition) is 1. The van der Waals surface area contributed by atoms with Crippen LogP contribution in [0.1, 0.15) is 33.1 Å². The molecule has 0 atom stereocenters. The van der Waals surface area contributed by atoms with Gasteiger partial charge in [0.2, 0.25) is 0 Å². The highest BCUT2D eigenvalue weighted by molar-refractivity contribution is 5.64. The molecule has 0 heterocycles. The van der Waals surface area contributed by atoms with Crippen molar-refractivity contribution in [2.24, 2.45) is 5.92 Å². The molecular formula is C15H23N3O2. The maximum Gasteiger partial charge on any atom is 0.273 e. The topological polar surface area (TPSA) is 58.4 Å². The number of benzene rings is 1. The average Bonchev–Trinajstić information content (AvgIpc) is 3.26. The van der Waals surface area contributed by atoms with Crippen molar-refractivity contribution >= 4 is 17.1 Å². The summed E-state index contributed by atoms with van der Waals surface area (Å²) in [5, 5.41) is 14.3. The largest absolute Gasteiger partial charge is 0.385 e. The van der Waals surface area contributed by atoms with Crippen molar-refractivity contribution in [2.75, 3.05) is 29.9 Å². The van der Waals surface area contributed by atoms with Crippen LogP contribution < -0.4 is 10.2 Å². The fraction of sp³-hybridized carbons (Fsp3) is 0.600. The summed E-state index contributed by atoms with van der Waals surface area (Å²) in [6.45, 7) is 6.89. The van der Waals surface area contributed by atoms with E-state index in [1.807, 2.05) is 6.07 Å². The predicted octanol–water partition coefficient (Wildman–Crippen LogP) is 3.65. The van der Waals surface area contributed by atoms with Gasteiger partial charge in [-0.3, -0.25) is 10.1 Å². The van der Waals surface area contributed by atoms with Crippen LogP contribution in [0.15, 0.2) is 18.2 Å². The van der Waals surface area contributed by atoms with E-state index in [4.69, 9.17) is 0 Å². The van der Waals surface area contributed by atoms with E-state index < -0.39 is 0 Å². The van der Waals surface area contributed by atoms with E-state index in [1.54, 1.807) is 12.1 Å². The average molecular weight is 277 g/mol. The quantitative estimate of drug-likeness (QED) is 0.582. The van der Waals surface area contributed by atoms with E-state index in [1.165, 1.54) is 12.8 Å². The summed E-state index contributed by atoms with van der Waals surface area (Å²) >= 11 is 0. The van der Waals surface area contributed by atoms with E-state index >= 15 is 0 Å². The summed E-state index contributed by atoms with van der Waals surface area (Å²) in [6.07, 6.45) is 3.57. The normalized spacial score (nSPS) is 14.1. The van der Waals surface area contributed by atoms with Gasteiger partial charge in [-0.25, -0.2) is 0 Å². The standard InChI is InChI=1S/C15H23N3O2/c1-3-7-16-13-8-14(10-15(9-13)18(19)20)17(4-2)11-12-5-6-12/h8-10,12,16H,3-7,11H2,1-2H3. The molecular weight excluding hydrogens is 254 g/mol. The van der Waals surface area contributed by atoms with Gasteiger partial charge in [-0.15, -0.1) is 0 Å². The minimum absolute atomic E-state index is 0.162. The molecule has 1 N–H and O–H groups in total. The van der Waals surface area contributed by atoms with Crippen LogP contribution in [-0.2, 0) is 0 Å². The summed E-state index contributed by atoms with van der Waals surface area (Å²) < 4.78 is 0. The van der Waals surface area contributed by atoms with Crippen molar-refractivity contribution in [1.82, 2.24) is 0 Å². The van der Waals surface area contributed by atoms with Crippen LogP contribution in [0.25, 0.3) is 0 Å². The molecule has 0 unspecified atom stereocenters. The zero-order valence-corrected chi connectivity index (χ0v) is 12.3. The van der Waals surface area contributed by atoms with Crippen molar-refractivity contribution in [1.29, 1.82) is 0 Å². The molecule has 0 aromatic heterocycles. The van der Waals surface area contributed by atoms with Crippen molar-refractivity contribution in [2.45, 2.75) is 33.1 Å². The Morgan fingerprint density at radius 1 is 1.35 bits per heavy atom. The molecule has 0 amide bonds. The zero-order valence-electron chi connectivity index (χ0n) is 12.3. The molecule has 1 aromatic carbocycles. The second-order valence-corrected chi connectivity index (χ2v) is 5.40. The Labute approximate surface area is 120 Å². The van der Waals surface area contributed by atoms with E-state index in [-0.39, 0.29) is 10.6 Å².